The summed E-state index contributed by atoms with van der Waals surface area (Å²) in [6.07, 6.45) is 0.984. The van der Waals surface area contributed by atoms with E-state index in [2.05, 4.69) is 0 Å². The fourth-order valence-electron chi connectivity index (χ4n) is 4.58. The van der Waals surface area contributed by atoms with Gasteiger partial charge in [0.25, 0.3) is 11.8 Å². The molecule has 35 heavy (non-hydrogen) atoms. The number of hydrogen-bond acceptors (Lipinski definition) is 4. The number of nitrogens with two attached hydrogens (primary N) is 1. The van der Waals surface area contributed by atoms with Crippen LogP contribution in [0.4, 0.5) is 11.4 Å². The summed E-state index contributed by atoms with van der Waals surface area (Å²) in [6, 6.07) is 23.8. The largest absolute Gasteiger partial charge is 0.484 e. The molecule has 0 saturated heterocycles. The molecule has 1 aliphatic rings. The van der Waals surface area contributed by atoms with E-state index in [0.717, 1.165) is 16.9 Å². The number of primary amides is 1. The first-order valence-corrected chi connectivity index (χ1v) is 11.7. The van der Waals surface area contributed by atoms with Crippen molar-refractivity contribution in [1.29, 1.82) is 0 Å². The Morgan fingerprint density at radius 1 is 0.971 bits per heavy atom. The van der Waals surface area contributed by atoms with Gasteiger partial charge in [-0.15, -0.1) is 0 Å². The van der Waals surface area contributed by atoms with Crippen molar-refractivity contribution in [2.24, 2.45) is 5.73 Å². The van der Waals surface area contributed by atoms with Gasteiger partial charge in [-0.05, 0) is 61.4 Å². The lowest BCUT2D eigenvalue weighted by atomic mass is 9.89. The Kier molecular flexibility index (Phi) is 7.15. The van der Waals surface area contributed by atoms with Crippen LogP contribution in [-0.2, 0) is 9.59 Å². The number of amides is 3. The lowest BCUT2D eigenvalue weighted by Crippen LogP contribution is -2.47. The first kappa shape index (κ1) is 24.0. The number of carbonyl (C=O) groups is 3. The zero-order valence-corrected chi connectivity index (χ0v) is 19.9. The van der Waals surface area contributed by atoms with Crippen LogP contribution in [0.1, 0.15) is 48.7 Å². The summed E-state index contributed by atoms with van der Waals surface area (Å²) >= 11 is 0. The molecule has 0 spiro atoms. The summed E-state index contributed by atoms with van der Waals surface area (Å²) in [5.41, 5.74) is 8.20. The highest BCUT2D eigenvalue weighted by Gasteiger charge is 2.38. The molecule has 1 aliphatic heterocycles. The van der Waals surface area contributed by atoms with Crippen molar-refractivity contribution in [3.05, 3.63) is 90.0 Å². The Balaban J connectivity index is 1.68. The van der Waals surface area contributed by atoms with Crippen LogP contribution in [0.2, 0.25) is 0 Å². The van der Waals surface area contributed by atoms with E-state index in [4.69, 9.17) is 10.5 Å². The van der Waals surface area contributed by atoms with E-state index in [1.54, 1.807) is 29.2 Å². The van der Waals surface area contributed by atoms with Crippen molar-refractivity contribution in [2.45, 2.75) is 38.8 Å². The Morgan fingerprint density at radius 3 is 2.29 bits per heavy atom. The number of nitrogens with zero attached hydrogens (tertiary/aromatic N) is 2. The third-order valence-corrected chi connectivity index (χ3v) is 6.18. The van der Waals surface area contributed by atoms with Gasteiger partial charge in [0.2, 0.25) is 5.91 Å². The summed E-state index contributed by atoms with van der Waals surface area (Å²) in [6.45, 7) is 3.65. The van der Waals surface area contributed by atoms with Crippen LogP contribution < -0.4 is 20.3 Å². The minimum absolute atomic E-state index is 0.0366. The van der Waals surface area contributed by atoms with Gasteiger partial charge in [-0.25, -0.2) is 0 Å². The van der Waals surface area contributed by atoms with Crippen molar-refractivity contribution < 1.29 is 19.1 Å². The summed E-state index contributed by atoms with van der Waals surface area (Å²) < 4.78 is 5.30. The third-order valence-electron chi connectivity index (χ3n) is 6.18. The second-order valence-corrected chi connectivity index (χ2v) is 8.57. The van der Waals surface area contributed by atoms with Crippen LogP contribution in [0.3, 0.4) is 0 Å². The highest BCUT2D eigenvalue weighted by molar-refractivity contribution is 6.07. The normalized spacial score (nSPS) is 16.8. The monoisotopic (exact) mass is 471 g/mol. The molecule has 0 radical (unpaired) electrons. The smallest absolute Gasteiger partial charge is 0.258 e. The fourth-order valence-corrected chi connectivity index (χ4v) is 4.58. The SMILES string of the molecule is CCC(=O)N(c1ccccc1)[C@H]1C[C@@H](C)N(C(=O)c2ccc(OCC(N)=O)cc2)c2ccccc21. The fraction of sp³-hybridized carbons (Fsp3) is 0.250. The Bertz CT molecular complexity index is 1210. The van der Waals surface area contributed by atoms with Crippen molar-refractivity contribution in [1.82, 2.24) is 0 Å². The Hall–Kier alpha value is -4.13. The summed E-state index contributed by atoms with van der Waals surface area (Å²) in [5, 5.41) is 0. The average molecular weight is 472 g/mol. The molecule has 0 bridgehead atoms. The maximum absolute atomic E-state index is 13.6. The van der Waals surface area contributed by atoms with E-state index >= 15 is 0 Å². The number of benzene rings is 3. The molecule has 180 valence electrons. The second-order valence-electron chi connectivity index (χ2n) is 8.57. The van der Waals surface area contributed by atoms with E-state index in [0.29, 0.717) is 24.2 Å². The molecule has 2 N–H and O–H groups in total. The van der Waals surface area contributed by atoms with Gasteiger partial charge in [0.1, 0.15) is 5.75 Å². The molecule has 3 aromatic carbocycles. The van der Waals surface area contributed by atoms with Gasteiger partial charge in [0, 0.05) is 29.4 Å². The predicted octanol–water partition coefficient (Wildman–Crippen LogP) is 4.47. The number of ether oxygens (including phenoxy) is 1. The summed E-state index contributed by atoms with van der Waals surface area (Å²) in [5.74, 6) is -0.207. The van der Waals surface area contributed by atoms with Crippen LogP contribution in [0.15, 0.2) is 78.9 Å². The summed E-state index contributed by atoms with van der Waals surface area (Å²) in [7, 11) is 0. The molecular weight excluding hydrogens is 442 g/mol. The van der Waals surface area contributed by atoms with Gasteiger partial charge < -0.3 is 20.3 Å². The standard InChI is InChI=1S/C28H29N3O4/c1-3-27(33)31(21-9-5-4-6-10-21)25-17-19(2)30(24-12-8-7-11-23(24)25)28(34)20-13-15-22(16-14-20)35-18-26(29)32/h4-16,19,25H,3,17-18H2,1-2H3,(H2,29,32)/t19-,25+/m1/s1. The molecule has 7 nitrogen and oxygen atoms in total. The number of carbonyl (C=O) groups excluding carboxylic acids is 3. The minimum atomic E-state index is -0.565. The molecule has 0 aliphatic carbocycles. The molecule has 0 unspecified atom stereocenters. The van der Waals surface area contributed by atoms with Crippen LogP contribution in [-0.4, -0.2) is 30.4 Å². The van der Waals surface area contributed by atoms with Crippen LogP contribution in [0, 0.1) is 0 Å². The lowest BCUT2D eigenvalue weighted by molar-refractivity contribution is -0.120. The van der Waals surface area contributed by atoms with Crippen molar-refractivity contribution in [2.75, 3.05) is 16.4 Å². The lowest BCUT2D eigenvalue weighted by Gasteiger charge is -2.43. The first-order valence-electron chi connectivity index (χ1n) is 11.7. The first-order chi connectivity index (χ1) is 16.9. The van der Waals surface area contributed by atoms with Gasteiger partial charge >= 0.3 is 0 Å². The van der Waals surface area contributed by atoms with E-state index in [1.165, 1.54) is 0 Å². The van der Waals surface area contributed by atoms with Crippen LogP contribution in [0.25, 0.3) is 0 Å². The second kappa shape index (κ2) is 10.4. The van der Waals surface area contributed by atoms with Gasteiger partial charge in [-0.2, -0.15) is 0 Å². The number of rotatable bonds is 7. The number of fused-ring (bicyclic) bond motifs is 1. The topological polar surface area (TPSA) is 92.9 Å². The van der Waals surface area contributed by atoms with Gasteiger partial charge in [-0.3, -0.25) is 14.4 Å². The number of anilines is 2. The molecule has 4 rings (SSSR count). The maximum atomic E-state index is 13.6. The zero-order valence-electron chi connectivity index (χ0n) is 19.9. The maximum Gasteiger partial charge on any atom is 0.258 e. The molecule has 0 fully saturated rings. The third kappa shape index (κ3) is 5.04. The highest BCUT2D eigenvalue weighted by atomic mass is 16.5. The van der Waals surface area contributed by atoms with Crippen LogP contribution >= 0.6 is 0 Å². The molecule has 3 amide bonds. The molecule has 7 heteroatoms. The zero-order chi connectivity index (χ0) is 24.9. The van der Waals surface area contributed by atoms with Crippen molar-refractivity contribution in [3.63, 3.8) is 0 Å². The molecule has 1 heterocycles. The van der Waals surface area contributed by atoms with E-state index in [-0.39, 0.29) is 30.5 Å². The Morgan fingerprint density at radius 2 is 1.63 bits per heavy atom. The van der Waals surface area contributed by atoms with Gasteiger partial charge in [-0.1, -0.05) is 43.3 Å². The van der Waals surface area contributed by atoms with E-state index < -0.39 is 5.91 Å². The predicted molar refractivity (Wildman–Crippen MR) is 135 cm³/mol. The molecule has 2 atom stereocenters. The minimum Gasteiger partial charge on any atom is -0.484 e. The molecule has 3 aromatic rings. The van der Waals surface area contributed by atoms with Crippen molar-refractivity contribution >= 4 is 29.1 Å². The molecule has 0 saturated carbocycles. The van der Waals surface area contributed by atoms with Gasteiger partial charge in [0.15, 0.2) is 6.61 Å². The number of para-hydroxylation sites is 2. The van der Waals surface area contributed by atoms with Crippen molar-refractivity contribution in [3.8, 4) is 5.75 Å². The highest BCUT2D eigenvalue weighted by Crippen LogP contribution is 2.43. The van der Waals surface area contributed by atoms with E-state index in [9.17, 15) is 14.4 Å². The average Bonchev–Trinajstić information content (AvgIpc) is 2.88. The number of hydrogen-bond donors (Lipinski definition) is 1. The summed E-state index contributed by atoms with van der Waals surface area (Å²) in [4.78, 5) is 41.3. The Labute approximate surface area is 205 Å². The van der Waals surface area contributed by atoms with Gasteiger partial charge in [0.05, 0.1) is 6.04 Å². The van der Waals surface area contributed by atoms with E-state index in [1.807, 2.05) is 73.3 Å². The molecule has 0 aromatic heterocycles. The van der Waals surface area contributed by atoms with Crippen LogP contribution in [0.5, 0.6) is 5.75 Å². The quantitative estimate of drug-likeness (QED) is 0.550. The molecular formula is C28H29N3O4.